The Morgan fingerprint density at radius 3 is 2.72 bits per heavy atom. The van der Waals surface area contributed by atoms with Crippen LogP contribution in [-0.4, -0.2) is 44.9 Å². The molecule has 2 heterocycles. The molecule has 0 unspecified atom stereocenters. The van der Waals surface area contributed by atoms with E-state index in [1.54, 1.807) is 11.9 Å². The lowest BCUT2D eigenvalue weighted by atomic mass is 10.1. The number of ether oxygens (including phenoxy) is 1. The first-order chi connectivity index (χ1) is 11.8. The van der Waals surface area contributed by atoms with Crippen molar-refractivity contribution in [2.75, 3.05) is 13.1 Å². The summed E-state index contributed by atoms with van der Waals surface area (Å²) in [4.78, 5) is 13.1. The van der Waals surface area contributed by atoms with Gasteiger partial charge in [0.2, 0.25) is 0 Å². The maximum absolute atomic E-state index is 11.9. The van der Waals surface area contributed by atoms with Crippen LogP contribution in [0.5, 0.6) is 0 Å². The largest absolute Gasteiger partial charge is 0.444 e. The summed E-state index contributed by atoms with van der Waals surface area (Å²) in [6.07, 6.45) is 3.46. The predicted octanol–water partition coefficient (Wildman–Crippen LogP) is 3.57. The van der Waals surface area contributed by atoms with Crippen molar-refractivity contribution in [1.29, 1.82) is 0 Å². The Balaban J connectivity index is 1.53. The maximum Gasteiger partial charge on any atom is 0.407 e. The maximum atomic E-state index is 11.9. The summed E-state index contributed by atoms with van der Waals surface area (Å²) in [5.41, 5.74) is 0.690. The highest BCUT2D eigenvalue weighted by atomic mass is 32.2. The van der Waals surface area contributed by atoms with Gasteiger partial charge in [0, 0.05) is 36.5 Å². The van der Waals surface area contributed by atoms with Crippen molar-refractivity contribution >= 4 is 28.9 Å². The molecule has 7 heteroatoms. The van der Waals surface area contributed by atoms with E-state index in [9.17, 15) is 4.79 Å². The summed E-state index contributed by atoms with van der Waals surface area (Å²) < 4.78 is 9.59. The Kier molecular flexibility index (Phi) is 5.24. The molecule has 0 bridgehead atoms. The number of fused-ring (bicyclic) bond motifs is 1. The zero-order chi connectivity index (χ0) is 18.0. The quantitative estimate of drug-likeness (QED) is 0.846. The standard InChI is InChI=1S/C18H26N4O2S/c1-18(2,3)24-17(23)20-13-8-10-22(11-9-13)25-16-7-5-6-15-14(16)12-19-21(15)4/h5-7,12-13H,8-11H2,1-4H3,(H,20,23). The molecule has 1 fully saturated rings. The highest BCUT2D eigenvalue weighted by Gasteiger charge is 2.24. The van der Waals surface area contributed by atoms with Crippen LogP contribution >= 0.6 is 11.9 Å². The number of benzene rings is 1. The zero-order valence-corrected chi connectivity index (χ0v) is 16.1. The van der Waals surface area contributed by atoms with Gasteiger partial charge in [-0.2, -0.15) is 5.10 Å². The first kappa shape index (κ1) is 18.1. The summed E-state index contributed by atoms with van der Waals surface area (Å²) in [7, 11) is 1.96. The van der Waals surface area contributed by atoms with Crippen LogP contribution in [0.1, 0.15) is 33.6 Å². The summed E-state index contributed by atoms with van der Waals surface area (Å²) in [5, 5.41) is 8.51. The highest BCUT2D eigenvalue weighted by molar-refractivity contribution is 7.97. The molecule has 1 amide bonds. The number of piperidine rings is 1. The van der Waals surface area contributed by atoms with Gasteiger partial charge in [0.1, 0.15) is 5.60 Å². The van der Waals surface area contributed by atoms with Crippen molar-refractivity contribution in [3.05, 3.63) is 24.4 Å². The molecule has 2 aromatic rings. The van der Waals surface area contributed by atoms with Gasteiger partial charge < -0.3 is 10.1 Å². The van der Waals surface area contributed by atoms with Crippen LogP contribution in [0, 0.1) is 0 Å². The number of amides is 1. The van der Waals surface area contributed by atoms with Gasteiger partial charge in [-0.3, -0.25) is 4.68 Å². The number of alkyl carbamates (subject to hydrolysis) is 1. The van der Waals surface area contributed by atoms with Crippen LogP contribution in [0.2, 0.25) is 0 Å². The van der Waals surface area contributed by atoms with Crippen LogP contribution in [-0.2, 0) is 11.8 Å². The third-order valence-electron chi connectivity index (χ3n) is 4.15. The molecule has 25 heavy (non-hydrogen) atoms. The molecule has 1 aliphatic heterocycles. The molecule has 1 aliphatic rings. The van der Waals surface area contributed by atoms with Gasteiger partial charge in [0.25, 0.3) is 0 Å². The molecule has 3 rings (SSSR count). The molecule has 6 nitrogen and oxygen atoms in total. The monoisotopic (exact) mass is 362 g/mol. The second kappa shape index (κ2) is 7.25. The zero-order valence-electron chi connectivity index (χ0n) is 15.3. The number of nitrogens with one attached hydrogen (secondary N) is 1. The number of hydrogen-bond donors (Lipinski definition) is 1. The Hall–Kier alpha value is -1.73. The molecule has 0 spiro atoms. The minimum Gasteiger partial charge on any atom is -0.444 e. The smallest absolute Gasteiger partial charge is 0.407 e. The van der Waals surface area contributed by atoms with E-state index in [4.69, 9.17) is 4.74 Å². The fourth-order valence-electron chi connectivity index (χ4n) is 2.94. The number of aromatic nitrogens is 2. The minimum atomic E-state index is -0.455. The number of nitrogens with zero attached hydrogens (tertiary/aromatic N) is 3. The number of aryl methyl sites for hydroxylation is 1. The third-order valence-corrected chi connectivity index (χ3v) is 5.33. The first-order valence-corrected chi connectivity index (χ1v) is 9.42. The number of carbonyl (C=O) groups is 1. The van der Waals surface area contributed by atoms with Gasteiger partial charge in [-0.15, -0.1) is 0 Å². The Labute approximate surface area is 153 Å². The van der Waals surface area contributed by atoms with Crippen LogP contribution in [0.15, 0.2) is 29.3 Å². The molecule has 0 aliphatic carbocycles. The van der Waals surface area contributed by atoms with Gasteiger partial charge in [0.15, 0.2) is 0 Å². The van der Waals surface area contributed by atoms with E-state index in [1.165, 1.54) is 10.3 Å². The van der Waals surface area contributed by atoms with Crippen molar-refractivity contribution in [3.8, 4) is 0 Å². The molecule has 0 saturated carbocycles. The lowest BCUT2D eigenvalue weighted by Gasteiger charge is -2.32. The Morgan fingerprint density at radius 1 is 1.32 bits per heavy atom. The highest BCUT2D eigenvalue weighted by Crippen LogP contribution is 2.31. The van der Waals surface area contributed by atoms with E-state index < -0.39 is 5.60 Å². The van der Waals surface area contributed by atoms with Crippen molar-refractivity contribution in [3.63, 3.8) is 0 Å². The Morgan fingerprint density at radius 2 is 2.04 bits per heavy atom. The summed E-state index contributed by atoms with van der Waals surface area (Å²) >= 11 is 1.77. The van der Waals surface area contributed by atoms with E-state index in [2.05, 4.69) is 32.9 Å². The average molecular weight is 362 g/mol. The molecule has 0 radical (unpaired) electrons. The average Bonchev–Trinajstić information content (AvgIpc) is 2.90. The van der Waals surface area contributed by atoms with Crippen LogP contribution in [0.3, 0.4) is 0 Å². The number of rotatable bonds is 3. The fourth-order valence-corrected chi connectivity index (χ4v) is 4.00. The van der Waals surface area contributed by atoms with E-state index in [1.807, 2.05) is 38.7 Å². The lowest BCUT2D eigenvalue weighted by molar-refractivity contribution is 0.0490. The molecule has 136 valence electrons. The van der Waals surface area contributed by atoms with Crippen molar-refractivity contribution in [2.24, 2.45) is 7.05 Å². The van der Waals surface area contributed by atoms with Gasteiger partial charge in [-0.05, 0) is 57.7 Å². The topological polar surface area (TPSA) is 59.4 Å². The normalized spacial score (nSPS) is 17.0. The third kappa shape index (κ3) is 4.67. The number of hydrogen-bond acceptors (Lipinski definition) is 5. The number of carbonyl (C=O) groups excluding carboxylic acids is 1. The first-order valence-electron chi connectivity index (χ1n) is 8.65. The summed E-state index contributed by atoms with van der Waals surface area (Å²) in [6, 6.07) is 6.48. The van der Waals surface area contributed by atoms with Crippen LogP contribution < -0.4 is 5.32 Å². The molecule has 1 N–H and O–H groups in total. The van der Waals surface area contributed by atoms with Gasteiger partial charge >= 0.3 is 6.09 Å². The molecule has 0 atom stereocenters. The SMILES string of the molecule is Cn1ncc2c(SN3CCC(NC(=O)OC(C)(C)C)CC3)cccc21. The fraction of sp³-hybridized carbons (Fsp3) is 0.556. The van der Waals surface area contributed by atoms with Crippen molar-refractivity contribution in [1.82, 2.24) is 19.4 Å². The molecular formula is C18H26N4O2S. The van der Waals surface area contributed by atoms with Gasteiger partial charge in [-0.1, -0.05) is 6.07 Å². The molecule has 1 saturated heterocycles. The Bertz CT molecular complexity index is 745. The van der Waals surface area contributed by atoms with Crippen LogP contribution in [0.4, 0.5) is 4.79 Å². The van der Waals surface area contributed by atoms with E-state index in [0.29, 0.717) is 0 Å². The molecule has 1 aromatic heterocycles. The van der Waals surface area contributed by atoms with E-state index in [0.717, 1.165) is 31.4 Å². The van der Waals surface area contributed by atoms with Gasteiger partial charge in [0.05, 0.1) is 11.7 Å². The minimum absolute atomic E-state index is 0.181. The van der Waals surface area contributed by atoms with E-state index >= 15 is 0 Å². The molecular weight excluding hydrogens is 336 g/mol. The summed E-state index contributed by atoms with van der Waals surface area (Å²) in [6.45, 7) is 7.50. The second-order valence-corrected chi connectivity index (χ2v) is 8.54. The van der Waals surface area contributed by atoms with Crippen LogP contribution in [0.25, 0.3) is 10.9 Å². The van der Waals surface area contributed by atoms with Gasteiger partial charge in [-0.25, -0.2) is 9.10 Å². The van der Waals surface area contributed by atoms with Crippen molar-refractivity contribution in [2.45, 2.75) is 50.2 Å². The van der Waals surface area contributed by atoms with E-state index in [-0.39, 0.29) is 12.1 Å². The second-order valence-electron chi connectivity index (χ2n) is 7.40. The van der Waals surface area contributed by atoms with Crippen molar-refractivity contribution < 1.29 is 9.53 Å². The summed E-state index contributed by atoms with van der Waals surface area (Å²) in [5.74, 6) is 0. The molecule has 1 aromatic carbocycles. The predicted molar refractivity (Wildman–Crippen MR) is 101 cm³/mol. The lowest BCUT2D eigenvalue weighted by Crippen LogP contribution is -2.44.